The molecule has 0 saturated heterocycles. The van der Waals surface area contributed by atoms with Gasteiger partial charge in [-0.1, -0.05) is 13.3 Å². The van der Waals surface area contributed by atoms with Gasteiger partial charge in [0.25, 0.3) is 0 Å². The lowest BCUT2D eigenvalue weighted by Crippen LogP contribution is -2.10. The number of benzene rings is 1. The van der Waals surface area contributed by atoms with Crippen LogP contribution in [-0.4, -0.2) is 23.4 Å². The second-order valence-electron chi connectivity index (χ2n) is 5.41. The predicted octanol–water partition coefficient (Wildman–Crippen LogP) is 2.97. The number of hydrogen-bond donors (Lipinski definition) is 2. The third kappa shape index (κ3) is 5.76. The van der Waals surface area contributed by atoms with Crippen molar-refractivity contribution in [2.45, 2.75) is 52.4 Å². The minimum Gasteiger partial charge on any atom is -0.507 e. The number of phenolic OH excluding ortho intramolecular Hbond substituents is 1. The third-order valence-electron chi connectivity index (χ3n) is 3.40. The van der Waals surface area contributed by atoms with Crippen LogP contribution in [0.15, 0.2) is 12.1 Å². The summed E-state index contributed by atoms with van der Waals surface area (Å²) in [6, 6.07) is 3.23. The molecule has 5 heteroatoms. The van der Waals surface area contributed by atoms with E-state index >= 15 is 0 Å². The van der Waals surface area contributed by atoms with Gasteiger partial charge in [-0.2, -0.15) is 0 Å². The van der Waals surface area contributed by atoms with E-state index in [0.717, 1.165) is 37.7 Å². The van der Waals surface area contributed by atoms with E-state index in [4.69, 9.17) is 10.5 Å². The lowest BCUT2D eigenvalue weighted by Gasteiger charge is -2.13. The number of primary amides is 1. The molecule has 0 heterocycles. The van der Waals surface area contributed by atoms with Crippen molar-refractivity contribution in [3.8, 4) is 11.5 Å². The van der Waals surface area contributed by atoms with Gasteiger partial charge in [-0.05, 0) is 44.2 Å². The summed E-state index contributed by atoms with van der Waals surface area (Å²) in [6.45, 7) is 3.99. The van der Waals surface area contributed by atoms with Crippen LogP contribution in [0.2, 0.25) is 0 Å². The van der Waals surface area contributed by atoms with Gasteiger partial charge in [0, 0.05) is 12.5 Å². The van der Waals surface area contributed by atoms with E-state index in [0.29, 0.717) is 24.3 Å². The van der Waals surface area contributed by atoms with Crippen molar-refractivity contribution >= 4 is 11.7 Å². The maximum absolute atomic E-state index is 11.5. The van der Waals surface area contributed by atoms with Crippen LogP contribution in [0, 0.1) is 0 Å². The number of carbonyl (C=O) groups is 2. The SMILES string of the molecule is CCCc1cc(C(C)=O)c(O)cc1OCCCCCC(N)=O. The first-order valence-corrected chi connectivity index (χ1v) is 7.73. The molecule has 1 rings (SSSR count). The lowest BCUT2D eigenvalue weighted by molar-refractivity contribution is -0.118. The molecule has 0 aliphatic heterocycles. The molecular formula is C17H25NO4. The van der Waals surface area contributed by atoms with E-state index in [2.05, 4.69) is 0 Å². The molecule has 22 heavy (non-hydrogen) atoms. The fraction of sp³-hybridized carbons (Fsp3) is 0.529. The standard InChI is InChI=1S/C17H25NO4/c1-3-7-13-10-14(12(2)19)15(20)11-16(13)22-9-6-4-5-8-17(18)21/h10-11,20H,3-9H2,1-2H3,(H2,18,21). The maximum atomic E-state index is 11.5. The largest absolute Gasteiger partial charge is 0.507 e. The Hall–Kier alpha value is -2.04. The first kappa shape index (κ1) is 18.0. The van der Waals surface area contributed by atoms with Crippen LogP contribution < -0.4 is 10.5 Å². The maximum Gasteiger partial charge on any atom is 0.217 e. The number of ether oxygens (including phenoxy) is 1. The molecule has 0 aromatic heterocycles. The Kier molecular flexibility index (Phi) is 7.43. The minimum absolute atomic E-state index is 0.0453. The molecule has 0 radical (unpaired) electrons. The predicted molar refractivity (Wildman–Crippen MR) is 85.3 cm³/mol. The Bertz CT molecular complexity index is 526. The minimum atomic E-state index is -0.282. The number of amides is 1. The average molecular weight is 307 g/mol. The monoisotopic (exact) mass is 307 g/mol. The van der Waals surface area contributed by atoms with Crippen molar-refractivity contribution in [1.82, 2.24) is 0 Å². The van der Waals surface area contributed by atoms with E-state index in [9.17, 15) is 14.7 Å². The molecule has 1 aromatic carbocycles. The number of phenols is 1. The zero-order valence-electron chi connectivity index (χ0n) is 13.4. The van der Waals surface area contributed by atoms with Gasteiger partial charge >= 0.3 is 0 Å². The third-order valence-corrected chi connectivity index (χ3v) is 3.40. The fourth-order valence-electron chi connectivity index (χ4n) is 2.26. The normalized spacial score (nSPS) is 10.5. The molecule has 0 atom stereocenters. The Morgan fingerprint density at radius 1 is 1.23 bits per heavy atom. The smallest absolute Gasteiger partial charge is 0.217 e. The van der Waals surface area contributed by atoms with Gasteiger partial charge in [-0.25, -0.2) is 0 Å². The lowest BCUT2D eigenvalue weighted by atomic mass is 10.0. The summed E-state index contributed by atoms with van der Waals surface area (Å²) < 4.78 is 5.72. The molecular weight excluding hydrogens is 282 g/mol. The molecule has 0 aliphatic carbocycles. The van der Waals surface area contributed by atoms with E-state index < -0.39 is 0 Å². The summed E-state index contributed by atoms with van der Waals surface area (Å²) in [6.07, 6.45) is 4.55. The zero-order valence-corrected chi connectivity index (χ0v) is 13.4. The Morgan fingerprint density at radius 3 is 2.55 bits per heavy atom. The molecule has 3 N–H and O–H groups in total. The summed E-state index contributed by atoms with van der Waals surface area (Å²) in [4.78, 5) is 22.1. The molecule has 5 nitrogen and oxygen atoms in total. The van der Waals surface area contributed by atoms with Crippen molar-refractivity contribution in [3.63, 3.8) is 0 Å². The topological polar surface area (TPSA) is 89.6 Å². The van der Waals surface area contributed by atoms with Gasteiger partial charge in [0.1, 0.15) is 11.5 Å². The van der Waals surface area contributed by atoms with Crippen molar-refractivity contribution in [1.29, 1.82) is 0 Å². The zero-order chi connectivity index (χ0) is 16.5. The van der Waals surface area contributed by atoms with Crippen LogP contribution in [0.25, 0.3) is 0 Å². The first-order chi connectivity index (χ1) is 10.5. The fourth-order valence-corrected chi connectivity index (χ4v) is 2.26. The molecule has 1 amide bonds. The second-order valence-corrected chi connectivity index (χ2v) is 5.41. The van der Waals surface area contributed by atoms with Crippen LogP contribution in [0.5, 0.6) is 11.5 Å². The highest BCUT2D eigenvalue weighted by atomic mass is 16.5. The van der Waals surface area contributed by atoms with Gasteiger partial charge < -0.3 is 15.6 Å². The first-order valence-electron chi connectivity index (χ1n) is 7.73. The van der Waals surface area contributed by atoms with E-state index in [1.165, 1.54) is 13.0 Å². The summed E-state index contributed by atoms with van der Waals surface area (Å²) >= 11 is 0. The second kappa shape index (κ2) is 9.07. The number of ketones is 1. The van der Waals surface area contributed by atoms with Crippen LogP contribution in [0.4, 0.5) is 0 Å². The number of hydrogen-bond acceptors (Lipinski definition) is 4. The van der Waals surface area contributed by atoms with E-state index in [1.807, 2.05) is 6.92 Å². The Morgan fingerprint density at radius 2 is 1.95 bits per heavy atom. The number of aryl methyl sites for hydroxylation is 1. The van der Waals surface area contributed by atoms with Gasteiger partial charge in [0.05, 0.1) is 12.2 Å². The van der Waals surface area contributed by atoms with Crippen LogP contribution in [0.3, 0.4) is 0 Å². The number of Topliss-reactive ketones (excluding diaryl/α,β-unsaturated/α-hetero) is 1. The van der Waals surface area contributed by atoms with Crippen LogP contribution >= 0.6 is 0 Å². The molecule has 0 unspecified atom stereocenters. The highest BCUT2D eigenvalue weighted by Gasteiger charge is 2.13. The van der Waals surface area contributed by atoms with E-state index in [1.54, 1.807) is 6.07 Å². The molecule has 1 aromatic rings. The average Bonchev–Trinajstić information content (AvgIpc) is 2.44. The highest BCUT2D eigenvalue weighted by Crippen LogP contribution is 2.30. The van der Waals surface area contributed by atoms with Crippen LogP contribution in [0.1, 0.15) is 61.9 Å². The van der Waals surface area contributed by atoms with Gasteiger partial charge in [-0.15, -0.1) is 0 Å². The molecule has 122 valence electrons. The summed E-state index contributed by atoms with van der Waals surface area (Å²) in [7, 11) is 0. The summed E-state index contributed by atoms with van der Waals surface area (Å²) in [5.41, 5.74) is 6.34. The van der Waals surface area contributed by atoms with Crippen molar-refractivity contribution in [3.05, 3.63) is 23.3 Å². The van der Waals surface area contributed by atoms with Gasteiger partial charge in [-0.3, -0.25) is 9.59 Å². The quantitative estimate of drug-likeness (QED) is 0.513. The molecule has 0 saturated carbocycles. The number of carbonyl (C=O) groups excluding carboxylic acids is 2. The number of nitrogens with two attached hydrogens (primary N) is 1. The Labute approximate surface area is 131 Å². The van der Waals surface area contributed by atoms with Crippen molar-refractivity contribution in [2.75, 3.05) is 6.61 Å². The van der Waals surface area contributed by atoms with E-state index in [-0.39, 0.29) is 17.4 Å². The van der Waals surface area contributed by atoms with Gasteiger partial charge in [0.15, 0.2) is 5.78 Å². The van der Waals surface area contributed by atoms with Crippen molar-refractivity contribution < 1.29 is 19.4 Å². The molecule has 0 fully saturated rings. The number of rotatable bonds is 10. The molecule has 0 aliphatic rings. The summed E-state index contributed by atoms with van der Waals surface area (Å²) in [5.74, 6) is 0.138. The van der Waals surface area contributed by atoms with Crippen LogP contribution in [-0.2, 0) is 11.2 Å². The number of aromatic hydroxyl groups is 1. The molecule has 0 spiro atoms. The van der Waals surface area contributed by atoms with Crippen molar-refractivity contribution in [2.24, 2.45) is 5.73 Å². The number of unbranched alkanes of at least 4 members (excludes halogenated alkanes) is 2. The summed E-state index contributed by atoms with van der Waals surface area (Å²) in [5, 5.41) is 9.90. The highest BCUT2D eigenvalue weighted by molar-refractivity contribution is 5.97. The Balaban J connectivity index is 2.63. The van der Waals surface area contributed by atoms with Gasteiger partial charge in [0.2, 0.25) is 5.91 Å². The molecule has 0 bridgehead atoms.